The quantitative estimate of drug-likeness (QED) is 0.377. The number of benzene rings is 1. The number of hydrogen-bond donors (Lipinski definition) is 4. The van der Waals surface area contributed by atoms with Gasteiger partial charge in [0.15, 0.2) is 0 Å². The molecule has 1 atom stereocenters. The molecule has 158 valence electrons. The average molecular weight is 413 g/mol. The molecule has 0 saturated carbocycles. The third kappa shape index (κ3) is 4.59. The van der Waals surface area contributed by atoms with Crippen molar-refractivity contribution in [3.63, 3.8) is 0 Å². The lowest BCUT2D eigenvalue weighted by atomic mass is 10.1. The van der Waals surface area contributed by atoms with Gasteiger partial charge in [0.2, 0.25) is 5.91 Å². The van der Waals surface area contributed by atoms with Crippen molar-refractivity contribution in [2.24, 2.45) is 5.92 Å². The second kappa shape index (κ2) is 9.12. The Morgan fingerprint density at radius 2 is 2.17 bits per heavy atom. The molecule has 1 fully saturated rings. The minimum atomic E-state index is -0.606. The molecule has 4 amide bonds. The molecule has 10 nitrogen and oxygen atoms in total. The molecule has 1 aromatic heterocycles. The van der Waals surface area contributed by atoms with Crippen LogP contribution in [0.2, 0.25) is 0 Å². The van der Waals surface area contributed by atoms with Crippen molar-refractivity contribution < 1.29 is 23.9 Å². The van der Waals surface area contributed by atoms with Gasteiger partial charge in [0.25, 0.3) is 17.7 Å². The van der Waals surface area contributed by atoms with Crippen LogP contribution in [-0.2, 0) is 14.4 Å². The second-order valence-electron chi connectivity index (χ2n) is 6.75. The molecule has 2 aromatic rings. The van der Waals surface area contributed by atoms with Crippen molar-refractivity contribution in [1.29, 1.82) is 0 Å². The number of H-pyrrole nitrogens is 1. The molecule has 0 bridgehead atoms. The minimum Gasteiger partial charge on any atom is -0.496 e. The number of ether oxygens (including phenoxy) is 1. The van der Waals surface area contributed by atoms with E-state index in [-0.39, 0.29) is 24.7 Å². The number of aromatic amines is 1. The molecule has 30 heavy (non-hydrogen) atoms. The van der Waals surface area contributed by atoms with Gasteiger partial charge in [-0.05, 0) is 30.7 Å². The number of aromatic nitrogens is 1. The predicted molar refractivity (Wildman–Crippen MR) is 108 cm³/mol. The number of hydrogen-bond acceptors (Lipinski definition) is 5. The first-order valence-corrected chi connectivity index (χ1v) is 9.38. The Hall–Kier alpha value is -3.82. The van der Waals surface area contributed by atoms with Crippen molar-refractivity contribution in [2.45, 2.75) is 6.42 Å². The van der Waals surface area contributed by atoms with Crippen LogP contribution in [0.25, 0.3) is 10.9 Å². The van der Waals surface area contributed by atoms with Crippen LogP contribution < -0.4 is 20.8 Å². The highest BCUT2D eigenvalue weighted by Gasteiger charge is 2.28. The zero-order chi connectivity index (χ0) is 21.7. The first kappa shape index (κ1) is 20.9. The van der Waals surface area contributed by atoms with Crippen LogP contribution in [0.1, 0.15) is 16.9 Å². The summed E-state index contributed by atoms with van der Waals surface area (Å²) in [5, 5.41) is 6.95. The van der Waals surface area contributed by atoms with Crippen molar-refractivity contribution in [3.8, 4) is 5.75 Å². The Morgan fingerprint density at radius 3 is 2.83 bits per heavy atom. The smallest absolute Gasteiger partial charge is 0.268 e. The summed E-state index contributed by atoms with van der Waals surface area (Å²) in [6.45, 7) is 3.60. The maximum absolute atomic E-state index is 12.4. The molecule has 0 radical (unpaired) electrons. The van der Waals surface area contributed by atoms with Gasteiger partial charge in [-0.2, -0.15) is 0 Å². The third-order valence-electron chi connectivity index (χ3n) is 4.76. The first-order valence-electron chi connectivity index (χ1n) is 9.38. The highest BCUT2D eigenvalue weighted by molar-refractivity contribution is 6.01. The number of carbonyl (C=O) groups excluding carboxylic acids is 4. The number of hydrazine groups is 1. The zero-order valence-electron chi connectivity index (χ0n) is 16.5. The normalized spacial score (nSPS) is 15.4. The predicted octanol–water partition coefficient (Wildman–Crippen LogP) is 0.0882. The number of methoxy groups -OCH3 is 1. The molecular formula is C20H23N5O5. The van der Waals surface area contributed by atoms with Crippen molar-refractivity contribution >= 4 is 34.5 Å². The van der Waals surface area contributed by atoms with E-state index in [0.29, 0.717) is 18.7 Å². The van der Waals surface area contributed by atoms with E-state index in [0.717, 1.165) is 22.0 Å². The van der Waals surface area contributed by atoms with Gasteiger partial charge in [-0.25, -0.2) is 5.01 Å². The molecule has 0 spiro atoms. The number of carbonyl (C=O) groups is 4. The molecule has 1 saturated heterocycles. The molecule has 1 aliphatic rings. The molecule has 1 aliphatic heterocycles. The fraction of sp³-hybridized carbons (Fsp3) is 0.300. The largest absolute Gasteiger partial charge is 0.496 e. The van der Waals surface area contributed by atoms with Gasteiger partial charge < -0.3 is 20.4 Å². The number of nitrogens with zero attached hydrogens (tertiary/aromatic N) is 1. The van der Waals surface area contributed by atoms with E-state index < -0.39 is 23.6 Å². The summed E-state index contributed by atoms with van der Waals surface area (Å²) >= 11 is 0. The van der Waals surface area contributed by atoms with Gasteiger partial charge in [0.1, 0.15) is 11.4 Å². The lowest BCUT2D eigenvalue weighted by molar-refractivity contribution is -0.139. The van der Waals surface area contributed by atoms with E-state index in [1.807, 2.05) is 0 Å². The fourth-order valence-corrected chi connectivity index (χ4v) is 3.21. The first-order chi connectivity index (χ1) is 14.4. The lowest BCUT2D eigenvalue weighted by Crippen LogP contribution is -2.51. The SMILES string of the molecule is C=CC(=O)N(CC1CCNC1=O)NC(=O)CNC(=O)c1cc2c(OC)cccc2[nH]1. The Labute approximate surface area is 172 Å². The Morgan fingerprint density at radius 1 is 1.37 bits per heavy atom. The highest BCUT2D eigenvalue weighted by Crippen LogP contribution is 2.25. The van der Waals surface area contributed by atoms with E-state index in [4.69, 9.17) is 4.74 Å². The van der Waals surface area contributed by atoms with Crippen LogP contribution in [0.5, 0.6) is 5.75 Å². The van der Waals surface area contributed by atoms with Gasteiger partial charge in [0.05, 0.1) is 26.1 Å². The summed E-state index contributed by atoms with van der Waals surface area (Å²) in [6, 6.07) is 7.01. The zero-order valence-corrected chi connectivity index (χ0v) is 16.5. The summed E-state index contributed by atoms with van der Waals surface area (Å²) in [5.74, 6) is -1.60. The van der Waals surface area contributed by atoms with Gasteiger partial charge in [-0.15, -0.1) is 0 Å². The summed E-state index contributed by atoms with van der Waals surface area (Å²) < 4.78 is 5.27. The van der Waals surface area contributed by atoms with Gasteiger partial charge in [-0.3, -0.25) is 24.6 Å². The molecule has 10 heteroatoms. The number of amides is 4. The van der Waals surface area contributed by atoms with Crippen molar-refractivity contribution in [3.05, 3.63) is 42.6 Å². The standard InChI is InChI=1S/C20H23N5O5/c1-3-18(27)25(11-12-7-8-21-19(12)28)24-17(26)10-22-20(29)15-9-13-14(23-15)5-4-6-16(13)30-2/h3-6,9,12,23H,1,7-8,10-11H2,2H3,(H,21,28)(H,22,29)(H,24,26). The summed E-state index contributed by atoms with van der Waals surface area (Å²) in [4.78, 5) is 51.4. The summed E-state index contributed by atoms with van der Waals surface area (Å²) in [6.07, 6.45) is 1.61. The monoisotopic (exact) mass is 413 g/mol. The average Bonchev–Trinajstić information content (AvgIpc) is 3.36. The molecule has 2 heterocycles. The van der Waals surface area contributed by atoms with E-state index in [9.17, 15) is 19.2 Å². The van der Waals surface area contributed by atoms with Crippen LogP contribution in [0.3, 0.4) is 0 Å². The highest BCUT2D eigenvalue weighted by atomic mass is 16.5. The second-order valence-corrected chi connectivity index (χ2v) is 6.75. The molecular weight excluding hydrogens is 390 g/mol. The van der Waals surface area contributed by atoms with Crippen molar-refractivity contribution in [2.75, 3.05) is 26.7 Å². The summed E-state index contributed by atoms with van der Waals surface area (Å²) in [7, 11) is 1.54. The molecule has 0 aliphatic carbocycles. The molecule has 1 aromatic carbocycles. The molecule has 3 rings (SSSR count). The van der Waals surface area contributed by atoms with Crippen LogP contribution in [0.4, 0.5) is 0 Å². The van der Waals surface area contributed by atoms with Gasteiger partial charge in [0, 0.05) is 17.4 Å². The van der Waals surface area contributed by atoms with Crippen LogP contribution in [0.15, 0.2) is 36.9 Å². The Kier molecular flexibility index (Phi) is 6.35. The van der Waals surface area contributed by atoms with Crippen molar-refractivity contribution in [1.82, 2.24) is 26.1 Å². The van der Waals surface area contributed by atoms with Crippen LogP contribution in [-0.4, -0.2) is 60.4 Å². The van der Waals surface area contributed by atoms with Gasteiger partial charge >= 0.3 is 0 Å². The van der Waals surface area contributed by atoms with E-state index in [1.54, 1.807) is 24.3 Å². The lowest BCUT2D eigenvalue weighted by Gasteiger charge is -2.24. The molecule has 4 N–H and O–H groups in total. The third-order valence-corrected chi connectivity index (χ3v) is 4.76. The Balaban J connectivity index is 1.59. The minimum absolute atomic E-state index is 0.0260. The fourth-order valence-electron chi connectivity index (χ4n) is 3.21. The Bertz CT molecular complexity index is 999. The maximum Gasteiger partial charge on any atom is 0.268 e. The van der Waals surface area contributed by atoms with E-state index >= 15 is 0 Å². The van der Waals surface area contributed by atoms with Gasteiger partial charge in [-0.1, -0.05) is 12.6 Å². The van der Waals surface area contributed by atoms with Crippen LogP contribution >= 0.6 is 0 Å². The topological polar surface area (TPSA) is 133 Å². The summed E-state index contributed by atoms with van der Waals surface area (Å²) in [5.41, 5.74) is 3.41. The number of fused-ring (bicyclic) bond motifs is 1. The number of rotatable bonds is 7. The van der Waals surface area contributed by atoms with Crippen LogP contribution in [0, 0.1) is 5.92 Å². The maximum atomic E-state index is 12.4. The van der Waals surface area contributed by atoms with E-state index in [2.05, 4.69) is 27.6 Å². The molecule has 1 unspecified atom stereocenters. The number of nitrogens with one attached hydrogen (secondary N) is 4. The van der Waals surface area contributed by atoms with E-state index in [1.165, 1.54) is 7.11 Å².